The van der Waals surface area contributed by atoms with Crippen LogP contribution >= 0.6 is 0 Å². The van der Waals surface area contributed by atoms with Crippen LogP contribution < -0.4 is 44.3 Å². The number of rotatable bonds is 7. The standard InChI is InChI=1S/C21H24FNO3.Na/c1-2-23-12-4-6-17-5-3-7-19(21(17)23)26-14-15-8-9-16(18(22)13-15)10-11-20(24)25;/h3,5,7-9,13H,2,4,6,10-12,14H2,1H3,(H,24,25);/q;+1/p-1. The quantitative estimate of drug-likeness (QED) is 0.629. The van der Waals surface area contributed by atoms with Crippen LogP contribution in [0.2, 0.25) is 0 Å². The van der Waals surface area contributed by atoms with Crippen LogP contribution in [0.1, 0.15) is 36.5 Å². The number of hydrogen-bond acceptors (Lipinski definition) is 4. The summed E-state index contributed by atoms with van der Waals surface area (Å²) in [6.45, 7) is 4.35. The van der Waals surface area contributed by atoms with Crippen LogP contribution in [0.3, 0.4) is 0 Å². The Morgan fingerprint density at radius 3 is 2.81 bits per heavy atom. The van der Waals surface area contributed by atoms with Crippen LogP contribution in [0.25, 0.3) is 0 Å². The van der Waals surface area contributed by atoms with Crippen molar-refractivity contribution in [3.05, 3.63) is 58.9 Å². The maximum Gasteiger partial charge on any atom is 1.00 e. The van der Waals surface area contributed by atoms with E-state index in [2.05, 4.69) is 17.9 Å². The van der Waals surface area contributed by atoms with Gasteiger partial charge in [-0.1, -0.05) is 24.3 Å². The predicted molar refractivity (Wildman–Crippen MR) is 96.7 cm³/mol. The van der Waals surface area contributed by atoms with Gasteiger partial charge in [0.2, 0.25) is 0 Å². The first kappa shape index (κ1) is 21.7. The zero-order valence-electron chi connectivity index (χ0n) is 16.0. The maximum atomic E-state index is 14.1. The first-order valence-electron chi connectivity index (χ1n) is 9.05. The van der Waals surface area contributed by atoms with Gasteiger partial charge in [-0.2, -0.15) is 0 Å². The summed E-state index contributed by atoms with van der Waals surface area (Å²) in [5, 5.41) is 10.5. The molecule has 3 rings (SSSR count). The van der Waals surface area contributed by atoms with Crippen molar-refractivity contribution in [3.63, 3.8) is 0 Å². The van der Waals surface area contributed by atoms with Crippen LogP contribution in [-0.4, -0.2) is 19.1 Å². The van der Waals surface area contributed by atoms with Gasteiger partial charge in [0.05, 0.1) is 5.69 Å². The fraction of sp³-hybridized carbons (Fsp3) is 0.381. The summed E-state index contributed by atoms with van der Waals surface area (Å²) in [6.07, 6.45) is 2.14. The first-order valence-corrected chi connectivity index (χ1v) is 9.05. The van der Waals surface area contributed by atoms with Gasteiger partial charge in [-0.25, -0.2) is 4.39 Å². The second-order valence-electron chi connectivity index (χ2n) is 6.53. The molecule has 2 aromatic carbocycles. The molecule has 4 nitrogen and oxygen atoms in total. The van der Waals surface area contributed by atoms with Crippen LogP contribution in [0.4, 0.5) is 10.1 Å². The summed E-state index contributed by atoms with van der Waals surface area (Å²) in [5.41, 5.74) is 3.54. The number of halogens is 1. The van der Waals surface area contributed by atoms with Crippen molar-refractivity contribution < 1.29 is 48.6 Å². The predicted octanol–water partition coefficient (Wildman–Crippen LogP) is -0.136. The van der Waals surface area contributed by atoms with Crippen molar-refractivity contribution in [2.24, 2.45) is 0 Å². The van der Waals surface area contributed by atoms with Crippen LogP contribution in [-0.2, 0) is 24.2 Å². The molecule has 0 N–H and O–H groups in total. The second kappa shape index (κ2) is 10.1. The van der Waals surface area contributed by atoms with Crippen LogP contribution in [0.5, 0.6) is 5.75 Å². The zero-order chi connectivity index (χ0) is 18.5. The Morgan fingerprint density at radius 1 is 1.30 bits per heavy atom. The molecule has 27 heavy (non-hydrogen) atoms. The number of fused-ring (bicyclic) bond motifs is 1. The number of aryl methyl sites for hydroxylation is 2. The van der Waals surface area contributed by atoms with Gasteiger partial charge in [-0.15, -0.1) is 0 Å². The van der Waals surface area contributed by atoms with Gasteiger partial charge in [-0.05, 0) is 61.4 Å². The van der Waals surface area contributed by atoms with Gasteiger partial charge in [0.1, 0.15) is 18.2 Å². The van der Waals surface area contributed by atoms with E-state index in [0.29, 0.717) is 5.56 Å². The largest absolute Gasteiger partial charge is 1.00 e. The number of carboxylic acid groups (broad SMARTS) is 1. The Morgan fingerprint density at radius 2 is 2.11 bits per heavy atom. The molecular formula is C21H23FNNaO3. The van der Waals surface area contributed by atoms with E-state index >= 15 is 0 Å². The molecule has 0 amide bonds. The zero-order valence-corrected chi connectivity index (χ0v) is 18.0. The molecule has 0 bridgehead atoms. The molecule has 0 aliphatic carbocycles. The number of hydrogen-bond donors (Lipinski definition) is 0. The molecule has 6 heteroatoms. The number of benzene rings is 2. The summed E-state index contributed by atoms with van der Waals surface area (Å²) in [7, 11) is 0. The van der Waals surface area contributed by atoms with Gasteiger partial charge < -0.3 is 19.5 Å². The van der Waals surface area contributed by atoms with Gasteiger partial charge in [0, 0.05) is 19.1 Å². The fourth-order valence-corrected chi connectivity index (χ4v) is 3.41. The monoisotopic (exact) mass is 379 g/mol. The molecule has 0 spiro atoms. The van der Waals surface area contributed by atoms with E-state index in [1.807, 2.05) is 12.1 Å². The van der Waals surface area contributed by atoms with E-state index < -0.39 is 11.8 Å². The number of carbonyl (C=O) groups excluding carboxylic acids is 1. The minimum Gasteiger partial charge on any atom is -0.550 e. The van der Waals surface area contributed by atoms with Crippen molar-refractivity contribution in [1.82, 2.24) is 0 Å². The van der Waals surface area contributed by atoms with Crippen molar-refractivity contribution in [3.8, 4) is 5.75 Å². The molecule has 1 aliphatic heterocycles. The Balaban J connectivity index is 0.00000261. The Bertz CT molecular complexity index is 797. The number of carbonyl (C=O) groups is 1. The number of para-hydroxylation sites is 1. The molecular weight excluding hydrogens is 356 g/mol. The molecule has 0 radical (unpaired) electrons. The summed E-state index contributed by atoms with van der Waals surface area (Å²) in [5.74, 6) is -0.755. The van der Waals surface area contributed by atoms with Crippen LogP contribution in [0, 0.1) is 5.82 Å². The van der Waals surface area contributed by atoms with E-state index in [0.717, 1.165) is 42.9 Å². The van der Waals surface area contributed by atoms with E-state index in [4.69, 9.17) is 4.74 Å². The normalized spacial score (nSPS) is 12.9. The fourth-order valence-electron chi connectivity index (χ4n) is 3.41. The SMILES string of the molecule is CCN1CCCc2cccc(OCc3ccc(CCC(=O)[O-])c(F)c3)c21.[Na+]. The number of ether oxygens (including phenoxy) is 1. The van der Waals surface area contributed by atoms with Crippen molar-refractivity contribution >= 4 is 11.7 Å². The van der Waals surface area contributed by atoms with Gasteiger partial charge in [-0.3, -0.25) is 0 Å². The van der Waals surface area contributed by atoms with Crippen molar-refractivity contribution in [2.75, 3.05) is 18.0 Å². The number of anilines is 1. The topological polar surface area (TPSA) is 52.6 Å². The summed E-state index contributed by atoms with van der Waals surface area (Å²) in [4.78, 5) is 12.8. The molecule has 0 fully saturated rings. The summed E-state index contributed by atoms with van der Waals surface area (Å²) in [6, 6.07) is 10.9. The van der Waals surface area contributed by atoms with Crippen molar-refractivity contribution in [2.45, 2.75) is 39.2 Å². The molecule has 2 aromatic rings. The molecule has 0 saturated heterocycles. The van der Waals surface area contributed by atoms with E-state index in [1.54, 1.807) is 12.1 Å². The molecule has 138 valence electrons. The average molecular weight is 379 g/mol. The van der Waals surface area contributed by atoms with E-state index in [1.165, 1.54) is 11.6 Å². The Kier molecular flexibility index (Phi) is 8.14. The minimum atomic E-state index is -1.17. The smallest absolute Gasteiger partial charge is 0.550 e. The third-order valence-electron chi connectivity index (χ3n) is 4.76. The molecule has 1 heterocycles. The third-order valence-corrected chi connectivity index (χ3v) is 4.76. The molecule has 0 atom stereocenters. The Labute approximate surface area is 181 Å². The van der Waals surface area contributed by atoms with E-state index in [9.17, 15) is 14.3 Å². The molecule has 0 aromatic heterocycles. The van der Waals surface area contributed by atoms with Gasteiger partial charge in [0.15, 0.2) is 0 Å². The maximum absolute atomic E-state index is 14.1. The Hall–Kier alpha value is -1.56. The molecule has 0 unspecified atom stereocenters. The van der Waals surface area contributed by atoms with Crippen LogP contribution in [0.15, 0.2) is 36.4 Å². The average Bonchev–Trinajstić information content (AvgIpc) is 2.64. The third kappa shape index (κ3) is 5.47. The second-order valence-corrected chi connectivity index (χ2v) is 6.53. The number of aliphatic carboxylic acids is 1. The van der Waals surface area contributed by atoms with Gasteiger partial charge >= 0.3 is 29.6 Å². The summed E-state index contributed by atoms with van der Waals surface area (Å²) >= 11 is 0. The van der Waals surface area contributed by atoms with Crippen molar-refractivity contribution in [1.29, 1.82) is 0 Å². The molecule has 1 aliphatic rings. The first-order chi connectivity index (χ1) is 12.6. The summed E-state index contributed by atoms with van der Waals surface area (Å²) < 4.78 is 20.1. The number of nitrogens with zero attached hydrogens (tertiary/aromatic N) is 1. The minimum absolute atomic E-state index is 0. The van der Waals surface area contributed by atoms with E-state index in [-0.39, 0.29) is 49.0 Å². The van der Waals surface area contributed by atoms with Gasteiger partial charge in [0.25, 0.3) is 0 Å². The number of carboxylic acids is 1. The molecule has 0 saturated carbocycles.